The Balaban J connectivity index is 1.17. The van der Waals surface area contributed by atoms with Gasteiger partial charge in [0.25, 0.3) is 11.5 Å². The maximum absolute atomic E-state index is 13.3. The summed E-state index contributed by atoms with van der Waals surface area (Å²) in [6.07, 6.45) is 4.41. The van der Waals surface area contributed by atoms with Gasteiger partial charge >= 0.3 is 11.7 Å². The van der Waals surface area contributed by atoms with E-state index in [1.54, 1.807) is 33.7 Å². The predicted octanol–water partition coefficient (Wildman–Crippen LogP) is 3.52. The highest BCUT2D eigenvalue weighted by atomic mass is 16.5. The second kappa shape index (κ2) is 10.5. The zero-order valence-electron chi connectivity index (χ0n) is 22.9. The van der Waals surface area contributed by atoms with E-state index >= 15 is 0 Å². The van der Waals surface area contributed by atoms with Gasteiger partial charge in [-0.3, -0.25) is 18.7 Å². The molecule has 0 radical (unpaired) electrons. The summed E-state index contributed by atoms with van der Waals surface area (Å²) < 4.78 is 8.53. The average Bonchev–Trinajstić information content (AvgIpc) is 3.64. The summed E-state index contributed by atoms with van der Waals surface area (Å²) in [6.45, 7) is 5.87. The lowest BCUT2D eigenvalue weighted by Crippen LogP contribution is -2.50. The Kier molecular flexibility index (Phi) is 6.85. The van der Waals surface area contributed by atoms with Gasteiger partial charge in [-0.05, 0) is 87.4 Å². The molecule has 1 aliphatic carbocycles. The molecular weight excluding hydrogens is 510 g/mol. The number of likely N-dealkylation sites (tertiary alicyclic amines) is 1. The van der Waals surface area contributed by atoms with Crippen molar-refractivity contribution >= 4 is 28.5 Å². The number of carbonyl (C=O) groups excluding carboxylic acids is 2. The summed E-state index contributed by atoms with van der Waals surface area (Å²) in [6, 6.07) is 10.0. The molecule has 3 aliphatic rings. The van der Waals surface area contributed by atoms with Crippen LogP contribution in [0, 0.1) is 5.92 Å². The Labute approximate surface area is 231 Å². The van der Waals surface area contributed by atoms with Crippen LogP contribution in [-0.4, -0.2) is 51.7 Å². The van der Waals surface area contributed by atoms with Gasteiger partial charge in [0.2, 0.25) is 0 Å². The molecule has 3 aromatic rings. The van der Waals surface area contributed by atoms with Crippen LogP contribution in [0.1, 0.15) is 61.5 Å². The van der Waals surface area contributed by atoms with Crippen molar-refractivity contribution in [1.82, 2.24) is 19.4 Å². The highest BCUT2D eigenvalue weighted by Crippen LogP contribution is 2.30. The molecule has 6 rings (SSSR count). The number of piperidine rings is 1. The molecule has 10 nitrogen and oxygen atoms in total. The summed E-state index contributed by atoms with van der Waals surface area (Å²) in [4.78, 5) is 54.3. The third-order valence-electron chi connectivity index (χ3n) is 8.07. The van der Waals surface area contributed by atoms with E-state index in [9.17, 15) is 19.2 Å². The summed E-state index contributed by atoms with van der Waals surface area (Å²) in [5.74, 6) is 1.05. The molecule has 3 heterocycles. The van der Waals surface area contributed by atoms with Gasteiger partial charge in [0.05, 0.1) is 17.5 Å². The number of anilines is 1. The van der Waals surface area contributed by atoms with Crippen LogP contribution in [0.5, 0.6) is 5.75 Å². The van der Waals surface area contributed by atoms with E-state index in [-0.39, 0.29) is 35.3 Å². The molecule has 2 N–H and O–H groups in total. The zero-order chi connectivity index (χ0) is 28.0. The number of carbonyl (C=O) groups is 2. The maximum atomic E-state index is 13.3. The number of ether oxygens (including phenoxy) is 1. The predicted molar refractivity (Wildman–Crippen MR) is 152 cm³/mol. The van der Waals surface area contributed by atoms with Crippen molar-refractivity contribution in [3.63, 3.8) is 0 Å². The lowest BCUT2D eigenvalue weighted by atomic mass is 10.0. The van der Waals surface area contributed by atoms with Gasteiger partial charge in [0, 0.05) is 49.4 Å². The fraction of sp³-hybridized carbons (Fsp3) is 0.467. The first kappa shape index (κ1) is 26.2. The van der Waals surface area contributed by atoms with Gasteiger partial charge in [-0.1, -0.05) is 0 Å². The second-order valence-electron chi connectivity index (χ2n) is 11.4. The number of urea groups is 1. The SMILES string of the molecule is CC(C)n1c(=O)n(CC2CC2)c(=O)c2cc(NC(=O)N3CCCC(NC(=O)c4ccc5c(c4)CCO5)C3)ccc21. The lowest BCUT2D eigenvalue weighted by Gasteiger charge is -2.33. The number of nitrogens with zero attached hydrogens (tertiary/aromatic N) is 3. The third kappa shape index (κ3) is 5.10. The van der Waals surface area contributed by atoms with E-state index in [1.807, 2.05) is 26.0 Å². The number of amides is 3. The molecule has 3 amide bonds. The van der Waals surface area contributed by atoms with Crippen molar-refractivity contribution in [3.05, 3.63) is 68.4 Å². The number of rotatable bonds is 6. The second-order valence-corrected chi connectivity index (χ2v) is 11.4. The summed E-state index contributed by atoms with van der Waals surface area (Å²) >= 11 is 0. The number of fused-ring (bicyclic) bond motifs is 2. The first-order valence-corrected chi connectivity index (χ1v) is 14.2. The molecule has 10 heteroatoms. The van der Waals surface area contributed by atoms with E-state index in [1.165, 1.54) is 4.57 Å². The molecule has 2 aliphatic heterocycles. The normalized spacial score (nSPS) is 18.5. The molecular formula is C30H35N5O5. The fourth-order valence-corrected chi connectivity index (χ4v) is 5.76. The highest BCUT2D eigenvalue weighted by Gasteiger charge is 2.27. The molecule has 2 aromatic carbocycles. The summed E-state index contributed by atoms with van der Waals surface area (Å²) in [5, 5.41) is 6.42. The van der Waals surface area contributed by atoms with Crippen molar-refractivity contribution in [3.8, 4) is 5.75 Å². The van der Waals surface area contributed by atoms with Crippen molar-refractivity contribution < 1.29 is 14.3 Å². The van der Waals surface area contributed by atoms with Crippen molar-refractivity contribution in [2.75, 3.05) is 25.0 Å². The minimum Gasteiger partial charge on any atom is -0.493 e. The highest BCUT2D eigenvalue weighted by molar-refractivity contribution is 5.95. The van der Waals surface area contributed by atoms with Crippen molar-refractivity contribution in [1.29, 1.82) is 0 Å². The number of hydrogen-bond acceptors (Lipinski definition) is 5. The Morgan fingerprint density at radius 2 is 1.90 bits per heavy atom. The Morgan fingerprint density at radius 3 is 2.67 bits per heavy atom. The fourth-order valence-electron chi connectivity index (χ4n) is 5.76. The lowest BCUT2D eigenvalue weighted by molar-refractivity contribution is 0.0913. The Bertz CT molecular complexity index is 1600. The quantitative estimate of drug-likeness (QED) is 0.492. The van der Waals surface area contributed by atoms with Gasteiger partial charge in [-0.2, -0.15) is 0 Å². The zero-order valence-corrected chi connectivity index (χ0v) is 22.9. The molecule has 1 saturated heterocycles. The van der Waals surface area contributed by atoms with E-state index in [2.05, 4.69) is 10.6 Å². The topological polar surface area (TPSA) is 115 Å². The van der Waals surface area contributed by atoms with Crippen LogP contribution in [0.4, 0.5) is 10.5 Å². The molecule has 0 bridgehead atoms. The standard InChI is InChI=1S/C30H35N5O5/c1-18(2)35-25-9-8-22(15-24(25)28(37)34(30(35)39)16-19-5-6-19)32-29(38)33-12-3-4-23(17-33)31-27(36)21-7-10-26-20(14-21)11-13-40-26/h7-10,14-15,18-19,23H,3-6,11-13,16-17H2,1-2H3,(H,31,36)(H,32,38). The van der Waals surface area contributed by atoms with E-state index < -0.39 is 0 Å². The van der Waals surface area contributed by atoms with E-state index in [4.69, 9.17) is 4.74 Å². The van der Waals surface area contributed by atoms with E-state index in [0.717, 1.165) is 43.4 Å². The van der Waals surface area contributed by atoms with E-state index in [0.29, 0.717) is 54.3 Å². The Hall–Kier alpha value is -4.08. The summed E-state index contributed by atoms with van der Waals surface area (Å²) in [5.41, 5.74) is 2.08. The van der Waals surface area contributed by atoms with Crippen LogP contribution in [-0.2, 0) is 13.0 Å². The van der Waals surface area contributed by atoms with Gasteiger partial charge in [-0.25, -0.2) is 9.59 Å². The number of aromatic nitrogens is 2. The van der Waals surface area contributed by atoms with Gasteiger partial charge in [0.1, 0.15) is 5.75 Å². The minimum absolute atomic E-state index is 0.118. The van der Waals surface area contributed by atoms with Crippen molar-refractivity contribution in [2.24, 2.45) is 5.92 Å². The average molecular weight is 546 g/mol. The molecule has 40 heavy (non-hydrogen) atoms. The largest absolute Gasteiger partial charge is 0.493 e. The van der Waals surface area contributed by atoms with Crippen LogP contribution in [0.25, 0.3) is 10.9 Å². The van der Waals surface area contributed by atoms with Crippen molar-refractivity contribution in [2.45, 2.75) is 64.6 Å². The molecule has 0 spiro atoms. The van der Waals surface area contributed by atoms with Gasteiger partial charge < -0.3 is 20.3 Å². The molecule has 2 fully saturated rings. The van der Waals surface area contributed by atoms with Crippen LogP contribution in [0.15, 0.2) is 46.0 Å². The molecule has 1 atom stereocenters. The minimum atomic E-state index is -0.321. The molecule has 1 aromatic heterocycles. The maximum Gasteiger partial charge on any atom is 0.331 e. The van der Waals surface area contributed by atoms with Crippen LogP contribution in [0.2, 0.25) is 0 Å². The van der Waals surface area contributed by atoms with Crippen LogP contribution in [0.3, 0.4) is 0 Å². The molecule has 1 unspecified atom stereocenters. The first-order valence-electron chi connectivity index (χ1n) is 14.2. The molecule has 210 valence electrons. The van der Waals surface area contributed by atoms with Gasteiger partial charge in [-0.15, -0.1) is 0 Å². The first-order chi connectivity index (χ1) is 19.3. The van der Waals surface area contributed by atoms with Gasteiger partial charge in [0.15, 0.2) is 0 Å². The smallest absolute Gasteiger partial charge is 0.331 e. The monoisotopic (exact) mass is 545 g/mol. The van der Waals surface area contributed by atoms with Crippen LogP contribution < -0.4 is 26.6 Å². The number of benzene rings is 2. The Morgan fingerprint density at radius 1 is 1.07 bits per heavy atom. The third-order valence-corrected chi connectivity index (χ3v) is 8.07. The molecule has 1 saturated carbocycles. The number of hydrogen-bond donors (Lipinski definition) is 2. The summed E-state index contributed by atoms with van der Waals surface area (Å²) in [7, 11) is 0. The number of nitrogens with one attached hydrogen (secondary N) is 2. The van der Waals surface area contributed by atoms with Crippen LogP contribution >= 0.6 is 0 Å².